The van der Waals surface area contributed by atoms with Gasteiger partial charge in [0.1, 0.15) is 0 Å². The molecule has 0 spiro atoms. The average molecular weight is 237 g/mol. The average Bonchev–Trinajstić information content (AvgIpc) is 2.89. The van der Waals surface area contributed by atoms with Gasteiger partial charge in [0, 0.05) is 22.5 Å². The van der Waals surface area contributed by atoms with E-state index >= 15 is 0 Å². The highest BCUT2D eigenvalue weighted by molar-refractivity contribution is 5.87. The van der Waals surface area contributed by atoms with Gasteiger partial charge in [-0.3, -0.25) is 0 Å². The summed E-state index contributed by atoms with van der Waals surface area (Å²) >= 11 is 0. The van der Waals surface area contributed by atoms with Crippen LogP contribution in [0.4, 0.5) is 0 Å². The van der Waals surface area contributed by atoms with Crippen molar-refractivity contribution in [1.29, 1.82) is 0 Å². The van der Waals surface area contributed by atoms with Crippen molar-refractivity contribution in [3.8, 4) is 0 Å². The number of allylic oxidation sites excluding steroid dienone is 2. The predicted molar refractivity (Wildman–Crippen MR) is 76.0 cm³/mol. The first-order chi connectivity index (χ1) is 8.57. The van der Waals surface area contributed by atoms with Crippen LogP contribution in [0.15, 0.2) is 30.4 Å². The molecule has 0 saturated heterocycles. The lowest BCUT2D eigenvalue weighted by molar-refractivity contribution is 0.343. The maximum Gasteiger partial charge on any atom is 0.0459 e. The number of aromatic amines is 1. The van der Waals surface area contributed by atoms with E-state index < -0.39 is 0 Å². The molecule has 2 aromatic rings. The van der Waals surface area contributed by atoms with Crippen molar-refractivity contribution in [1.82, 2.24) is 4.98 Å². The number of nitrogens with one attached hydrogen (secondary N) is 1. The van der Waals surface area contributed by atoms with Crippen molar-refractivity contribution in [2.24, 2.45) is 5.92 Å². The van der Waals surface area contributed by atoms with Gasteiger partial charge in [-0.1, -0.05) is 37.6 Å². The second-order valence-electron chi connectivity index (χ2n) is 6.52. The highest BCUT2D eigenvalue weighted by atomic mass is 14.8. The molecule has 1 aromatic carbocycles. The molecule has 92 valence electrons. The fourth-order valence-electron chi connectivity index (χ4n) is 3.93. The van der Waals surface area contributed by atoms with Gasteiger partial charge in [0.25, 0.3) is 0 Å². The Morgan fingerprint density at radius 2 is 2.06 bits per heavy atom. The van der Waals surface area contributed by atoms with Crippen LogP contribution in [-0.4, -0.2) is 4.98 Å². The molecule has 0 radical (unpaired) electrons. The molecule has 2 aliphatic carbocycles. The van der Waals surface area contributed by atoms with Crippen molar-refractivity contribution >= 4 is 10.9 Å². The SMILES string of the molecule is Cc1ccc2[nH]c3c(c2c1)C(C)(C)C1C=CC3C1. The summed E-state index contributed by atoms with van der Waals surface area (Å²) in [6.45, 7) is 6.98. The van der Waals surface area contributed by atoms with Crippen molar-refractivity contribution in [3.63, 3.8) is 0 Å². The Hall–Kier alpha value is -1.50. The summed E-state index contributed by atoms with van der Waals surface area (Å²) in [7, 11) is 0. The molecular weight excluding hydrogens is 218 g/mol. The van der Waals surface area contributed by atoms with Crippen LogP contribution in [0, 0.1) is 12.8 Å². The number of H-pyrrole nitrogens is 1. The number of rotatable bonds is 0. The van der Waals surface area contributed by atoms with E-state index in [1.807, 2.05) is 0 Å². The lowest BCUT2D eigenvalue weighted by Gasteiger charge is -2.37. The number of fused-ring (bicyclic) bond motifs is 6. The van der Waals surface area contributed by atoms with E-state index in [2.05, 4.69) is 56.1 Å². The Morgan fingerprint density at radius 1 is 1.22 bits per heavy atom. The van der Waals surface area contributed by atoms with Crippen LogP contribution in [0.2, 0.25) is 0 Å². The first-order valence-electron chi connectivity index (χ1n) is 6.88. The van der Waals surface area contributed by atoms with E-state index in [0.29, 0.717) is 11.8 Å². The normalized spacial score (nSPS) is 27.7. The zero-order valence-corrected chi connectivity index (χ0v) is 11.2. The van der Waals surface area contributed by atoms with Crippen LogP contribution in [0.25, 0.3) is 10.9 Å². The maximum atomic E-state index is 3.68. The number of benzene rings is 1. The Bertz CT molecular complexity index is 672. The van der Waals surface area contributed by atoms with Gasteiger partial charge in [0.2, 0.25) is 0 Å². The van der Waals surface area contributed by atoms with Crippen LogP contribution in [0.5, 0.6) is 0 Å². The zero-order chi connectivity index (χ0) is 12.5. The minimum Gasteiger partial charge on any atom is -0.358 e. The lowest BCUT2D eigenvalue weighted by Crippen LogP contribution is -2.31. The van der Waals surface area contributed by atoms with E-state index in [-0.39, 0.29) is 5.41 Å². The molecule has 1 nitrogen and oxygen atoms in total. The molecule has 2 atom stereocenters. The first kappa shape index (κ1) is 10.4. The van der Waals surface area contributed by atoms with Gasteiger partial charge < -0.3 is 4.98 Å². The topological polar surface area (TPSA) is 15.8 Å². The molecule has 0 fully saturated rings. The summed E-state index contributed by atoms with van der Waals surface area (Å²) in [6.07, 6.45) is 6.12. The summed E-state index contributed by atoms with van der Waals surface area (Å²) < 4.78 is 0. The summed E-state index contributed by atoms with van der Waals surface area (Å²) in [5.41, 5.74) is 5.94. The molecule has 18 heavy (non-hydrogen) atoms. The van der Waals surface area contributed by atoms with Crippen molar-refractivity contribution < 1.29 is 0 Å². The van der Waals surface area contributed by atoms with Crippen LogP contribution in [0.3, 0.4) is 0 Å². The first-order valence-corrected chi connectivity index (χ1v) is 6.88. The maximum absolute atomic E-state index is 3.68. The third kappa shape index (κ3) is 1.12. The molecule has 2 unspecified atom stereocenters. The second kappa shape index (κ2) is 3.09. The van der Waals surface area contributed by atoms with Crippen molar-refractivity contribution in [2.45, 2.75) is 38.5 Å². The number of hydrogen-bond acceptors (Lipinski definition) is 0. The molecule has 4 rings (SSSR count). The molecular formula is C17H19N. The van der Waals surface area contributed by atoms with E-state index in [0.717, 1.165) is 0 Å². The Morgan fingerprint density at radius 3 is 2.89 bits per heavy atom. The third-order valence-electron chi connectivity index (χ3n) is 5.01. The summed E-state index contributed by atoms with van der Waals surface area (Å²) in [5, 5.41) is 1.44. The minimum absolute atomic E-state index is 0.255. The van der Waals surface area contributed by atoms with Gasteiger partial charge in [0.15, 0.2) is 0 Å². The Kier molecular flexibility index (Phi) is 1.79. The van der Waals surface area contributed by atoms with Gasteiger partial charge in [-0.25, -0.2) is 0 Å². The third-order valence-corrected chi connectivity index (χ3v) is 5.01. The molecule has 2 aliphatic rings. The van der Waals surface area contributed by atoms with E-state index in [9.17, 15) is 0 Å². The molecule has 1 heterocycles. The van der Waals surface area contributed by atoms with E-state index in [1.165, 1.54) is 28.6 Å². The summed E-state index contributed by atoms with van der Waals surface area (Å²) in [5.74, 6) is 1.32. The lowest BCUT2D eigenvalue weighted by atomic mass is 9.67. The smallest absolute Gasteiger partial charge is 0.0459 e. The Labute approximate surface area is 108 Å². The minimum atomic E-state index is 0.255. The predicted octanol–water partition coefficient (Wildman–Crippen LogP) is 4.43. The van der Waals surface area contributed by atoms with Crippen molar-refractivity contribution in [3.05, 3.63) is 47.2 Å². The van der Waals surface area contributed by atoms with Crippen LogP contribution < -0.4 is 0 Å². The fraction of sp³-hybridized carbons (Fsp3) is 0.412. The quantitative estimate of drug-likeness (QED) is 0.652. The van der Waals surface area contributed by atoms with Crippen LogP contribution >= 0.6 is 0 Å². The van der Waals surface area contributed by atoms with Crippen LogP contribution in [-0.2, 0) is 5.41 Å². The van der Waals surface area contributed by atoms with Crippen LogP contribution in [0.1, 0.15) is 43.0 Å². The molecule has 2 bridgehead atoms. The van der Waals surface area contributed by atoms with Gasteiger partial charge >= 0.3 is 0 Å². The van der Waals surface area contributed by atoms with E-state index in [4.69, 9.17) is 0 Å². The molecule has 0 aliphatic heterocycles. The van der Waals surface area contributed by atoms with E-state index in [1.54, 1.807) is 5.56 Å². The molecule has 1 heteroatoms. The zero-order valence-electron chi connectivity index (χ0n) is 11.2. The monoisotopic (exact) mass is 237 g/mol. The van der Waals surface area contributed by atoms with Gasteiger partial charge in [-0.2, -0.15) is 0 Å². The van der Waals surface area contributed by atoms with Gasteiger partial charge in [0.05, 0.1) is 0 Å². The molecule has 1 aromatic heterocycles. The number of hydrogen-bond donors (Lipinski definition) is 1. The standard InChI is InChI=1S/C17H19N/c1-10-4-7-14-13(8-10)15-16(18-14)11-5-6-12(9-11)17(15,2)3/h4-8,11-12,18H,9H2,1-3H3. The molecule has 1 N–H and O–H groups in total. The molecule has 0 saturated carbocycles. The number of aromatic nitrogens is 1. The Balaban J connectivity index is 2.12. The highest BCUT2D eigenvalue weighted by Crippen LogP contribution is 2.53. The largest absolute Gasteiger partial charge is 0.358 e. The summed E-state index contributed by atoms with van der Waals surface area (Å²) in [4.78, 5) is 3.68. The fourth-order valence-corrected chi connectivity index (χ4v) is 3.93. The number of aryl methyl sites for hydroxylation is 1. The summed E-state index contributed by atoms with van der Waals surface area (Å²) in [6, 6.07) is 6.78. The second-order valence-corrected chi connectivity index (χ2v) is 6.52. The van der Waals surface area contributed by atoms with Gasteiger partial charge in [-0.15, -0.1) is 0 Å². The van der Waals surface area contributed by atoms with Gasteiger partial charge in [-0.05, 0) is 42.4 Å². The van der Waals surface area contributed by atoms with Crippen molar-refractivity contribution in [2.75, 3.05) is 0 Å². The highest BCUT2D eigenvalue weighted by Gasteiger charge is 2.43. The molecule has 0 amide bonds.